The zero-order valence-corrected chi connectivity index (χ0v) is 22.8. The van der Waals surface area contributed by atoms with Gasteiger partial charge in [-0.25, -0.2) is 19.1 Å². The van der Waals surface area contributed by atoms with Gasteiger partial charge in [-0.2, -0.15) is 9.78 Å². The van der Waals surface area contributed by atoms with E-state index in [2.05, 4.69) is 20.3 Å². The monoisotopic (exact) mass is 545 g/mol. The molecule has 0 radical (unpaired) electrons. The number of carbonyl (C=O) groups is 3. The normalized spacial score (nSPS) is 13.9. The van der Waals surface area contributed by atoms with E-state index in [1.54, 1.807) is 46.0 Å². The summed E-state index contributed by atoms with van der Waals surface area (Å²) < 4.78 is 7.53. The summed E-state index contributed by atoms with van der Waals surface area (Å²) in [5.41, 5.74) is 2.40. The second kappa shape index (κ2) is 10.4. The zero-order valence-electron chi connectivity index (χ0n) is 22.8. The van der Waals surface area contributed by atoms with Gasteiger partial charge in [-0.1, -0.05) is 0 Å². The first kappa shape index (κ1) is 26.7. The summed E-state index contributed by atoms with van der Waals surface area (Å²) in [5.74, 6) is 0.577. The minimum absolute atomic E-state index is 0.0979. The molecule has 3 aromatic heterocycles. The van der Waals surface area contributed by atoms with Gasteiger partial charge in [0.2, 0.25) is 5.91 Å². The predicted molar refractivity (Wildman–Crippen MR) is 150 cm³/mol. The predicted octanol–water partition coefficient (Wildman–Crippen LogP) is 4.62. The van der Waals surface area contributed by atoms with Gasteiger partial charge in [0.25, 0.3) is 0 Å². The van der Waals surface area contributed by atoms with Crippen LogP contribution in [0.15, 0.2) is 55.0 Å². The first-order valence-electron chi connectivity index (χ1n) is 12.9. The first-order valence-corrected chi connectivity index (χ1v) is 12.9. The molecule has 1 aliphatic heterocycles. The Morgan fingerprint density at radius 2 is 1.70 bits per heavy atom. The third kappa shape index (κ3) is 5.60. The van der Waals surface area contributed by atoms with Crippen molar-refractivity contribution in [1.82, 2.24) is 24.2 Å². The lowest BCUT2D eigenvalue weighted by molar-refractivity contribution is -0.129. The van der Waals surface area contributed by atoms with Gasteiger partial charge < -0.3 is 25.0 Å². The molecule has 0 atom stereocenters. The fraction of sp³-hybridized carbons (Fsp3) is 0.321. The Morgan fingerprint density at radius 1 is 1.00 bits per heavy atom. The fourth-order valence-electron chi connectivity index (χ4n) is 4.64. The van der Waals surface area contributed by atoms with Gasteiger partial charge in [-0.3, -0.25) is 4.79 Å². The number of nitrogens with one attached hydrogen (secondary N) is 1. The Bertz CT molecular complexity index is 1570. The number of anilines is 3. The molecule has 0 saturated carbocycles. The maximum Gasteiger partial charge on any atom is 0.435 e. The summed E-state index contributed by atoms with van der Waals surface area (Å²) in [6, 6.07) is 11.2. The number of carbonyl (C=O) groups excluding carboxylic acids is 2. The van der Waals surface area contributed by atoms with E-state index in [9.17, 15) is 19.5 Å². The number of aromatic nitrogens is 4. The van der Waals surface area contributed by atoms with E-state index in [-0.39, 0.29) is 5.91 Å². The molecule has 0 bridgehead atoms. The summed E-state index contributed by atoms with van der Waals surface area (Å²) in [6.45, 7) is 9.80. The summed E-state index contributed by atoms with van der Waals surface area (Å²) in [6.07, 6.45) is 2.62. The fourth-order valence-corrected chi connectivity index (χ4v) is 4.64. The lowest BCUT2D eigenvalue weighted by Crippen LogP contribution is -2.48. The van der Waals surface area contributed by atoms with Crippen molar-refractivity contribution in [3.05, 3.63) is 55.0 Å². The number of fused-ring (bicyclic) bond motifs is 1. The van der Waals surface area contributed by atoms with E-state index >= 15 is 0 Å². The van der Waals surface area contributed by atoms with Crippen LogP contribution < -0.4 is 10.2 Å². The highest BCUT2D eigenvalue weighted by molar-refractivity contribution is 5.96. The van der Waals surface area contributed by atoms with Gasteiger partial charge in [0, 0.05) is 73.9 Å². The number of carboxylic acid groups (broad SMARTS) is 1. The number of ether oxygens (including phenoxy) is 1. The van der Waals surface area contributed by atoms with Crippen molar-refractivity contribution >= 4 is 46.2 Å². The van der Waals surface area contributed by atoms with E-state index < -0.39 is 17.8 Å². The van der Waals surface area contributed by atoms with Crippen molar-refractivity contribution in [1.29, 1.82) is 0 Å². The van der Waals surface area contributed by atoms with Gasteiger partial charge in [0.05, 0.1) is 17.4 Å². The van der Waals surface area contributed by atoms with E-state index in [1.165, 1.54) is 12.4 Å². The third-order valence-electron chi connectivity index (χ3n) is 6.57. The van der Waals surface area contributed by atoms with Crippen LogP contribution in [0.2, 0.25) is 0 Å². The van der Waals surface area contributed by atoms with Crippen LogP contribution in [0.4, 0.5) is 26.8 Å². The summed E-state index contributed by atoms with van der Waals surface area (Å²) in [7, 11) is 0. The van der Waals surface area contributed by atoms with Gasteiger partial charge in [-0.15, -0.1) is 0 Å². The smallest absolute Gasteiger partial charge is 0.435 e. The number of amides is 1. The molecule has 2 N–H and O–H groups in total. The topological polar surface area (TPSA) is 135 Å². The molecule has 1 aliphatic rings. The Kier molecular flexibility index (Phi) is 6.92. The molecule has 208 valence electrons. The molecule has 0 unspecified atom stereocenters. The number of pyridine rings is 1. The molecule has 4 heterocycles. The number of rotatable bonds is 4. The molecule has 1 saturated heterocycles. The standard InChI is InChI=1S/C28H31N7O5/c1-18(36)32-9-11-33(12-10-32)22-7-5-21(6-8-22)31-25-14-24-19(15-29-25)13-23(35(24)26(37)38)20-16-30-34(17-20)27(39)40-28(2,3)4/h5-8,13-17H,9-12H2,1-4H3,(H,29,31)(H,37,38). The van der Waals surface area contributed by atoms with Gasteiger partial charge in [-0.05, 0) is 51.1 Å². The molecule has 1 amide bonds. The molecule has 0 spiro atoms. The van der Waals surface area contributed by atoms with Gasteiger partial charge in [0.15, 0.2) is 0 Å². The molecule has 0 aliphatic carbocycles. The molecular weight excluding hydrogens is 514 g/mol. The van der Waals surface area contributed by atoms with Crippen LogP contribution in [0.3, 0.4) is 0 Å². The lowest BCUT2D eigenvalue weighted by atomic mass is 10.2. The SMILES string of the molecule is CC(=O)N1CCN(c2ccc(Nc3cc4c(cn3)cc(-c3cnn(C(=O)OC(C)(C)C)c3)n4C(=O)O)cc2)CC1. The highest BCUT2D eigenvalue weighted by Gasteiger charge is 2.22. The van der Waals surface area contributed by atoms with Crippen LogP contribution in [-0.4, -0.2) is 79.2 Å². The highest BCUT2D eigenvalue weighted by atomic mass is 16.6. The maximum absolute atomic E-state index is 12.4. The number of hydrogen-bond acceptors (Lipinski definition) is 8. The molecule has 4 aromatic rings. The lowest BCUT2D eigenvalue weighted by Gasteiger charge is -2.35. The molecule has 12 nitrogen and oxygen atoms in total. The zero-order chi connectivity index (χ0) is 28.6. The van der Waals surface area contributed by atoms with Crippen LogP contribution in [0, 0.1) is 0 Å². The van der Waals surface area contributed by atoms with Crippen LogP contribution in [-0.2, 0) is 9.53 Å². The van der Waals surface area contributed by atoms with Gasteiger partial charge in [0.1, 0.15) is 11.4 Å². The summed E-state index contributed by atoms with van der Waals surface area (Å²) in [4.78, 5) is 44.8. The Morgan fingerprint density at radius 3 is 2.33 bits per heavy atom. The second-order valence-corrected chi connectivity index (χ2v) is 10.6. The largest absolute Gasteiger partial charge is 0.464 e. The summed E-state index contributed by atoms with van der Waals surface area (Å²) >= 11 is 0. The Hall–Kier alpha value is -4.87. The van der Waals surface area contributed by atoms with E-state index in [0.29, 0.717) is 41.1 Å². The van der Waals surface area contributed by atoms with Crippen molar-refractivity contribution in [2.45, 2.75) is 33.3 Å². The van der Waals surface area contributed by atoms with Crippen molar-refractivity contribution in [3.63, 3.8) is 0 Å². The molecule has 5 rings (SSSR count). The average Bonchev–Trinajstić information content (AvgIpc) is 3.53. The Balaban J connectivity index is 1.36. The van der Waals surface area contributed by atoms with Crippen molar-refractivity contribution in [2.75, 3.05) is 36.4 Å². The molecule has 40 heavy (non-hydrogen) atoms. The summed E-state index contributed by atoms with van der Waals surface area (Å²) in [5, 5.41) is 18.0. The van der Waals surface area contributed by atoms with Crippen molar-refractivity contribution < 1.29 is 24.2 Å². The molecule has 1 aromatic carbocycles. The maximum atomic E-state index is 12.4. The van der Waals surface area contributed by atoms with E-state index in [0.717, 1.165) is 33.7 Å². The van der Waals surface area contributed by atoms with E-state index in [1.807, 2.05) is 29.2 Å². The number of hydrogen-bond donors (Lipinski definition) is 2. The molecular formula is C28H31N7O5. The minimum atomic E-state index is -1.18. The van der Waals surface area contributed by atoms with Crippen molar-refractivity contribution in [3.8, 4) is 11.3 Å². The van der Waals surface area contributed by atoms with Crippen LogP contribution in [0.1, 0.15) is 27.7 Å². The quantitative estimate of drug-likeness (QED) is 0.377. The number of benzene rings is 1. The first-order chi connectivity index (χ1) is 19.0. The molecule has 1 fully saturated rings. The number of piperazine rings is 1. The van der Waals surface area contributed by atoms with Gasteiger partial charge >= 0.3 is 12.2 Å². The van der Waals surface area contributed by atoms with Crippen LogP contribution >= 0.6 is 0 Å². The van der Waals surface area contributed by atoms with Crippen molar-refractivity contribution in [2.24, 2.45) is 0 Å². The Labute approximate surface area is 230 Å². The minimum Gasteiger partial charge on any atom is -0.464 e. The highest BCUT2D eigenvalue weighted by Crippen LogP contribution is 2.30. The third-order valence-corrected chi connectivity index (χ3v) is 6.57. The number of nitrogens with zero attached hydrogens (tertiary/aromatic N) is 6. The molecule has 12 heteroatoms. The van der Waals surface area contributed by atoms with Crippen LogP contribution in [0.5, 0.6) is 0 Å². The van der Waals surface area contributed by atoms with E-state index in [4.69, 9.17) is 4.74 Å². The average molecular weight is 546 g/mol. The second-order valence-electron chi connectivity index (χ2n) is 10.6. The van der Waals surface area contributed by atoms with Crippen LogP contribution in [0.25, 0.3) is 22.2 Å².